The van der Waals surface area contributed by atoms with E-state index in [1.807, 2.05) is 6.92 Å². The summed E-state index contributed by atoms with van der Waals surface area (Å²) in [4.78, 5) is 0. The maximum Gasteiger partial charge on any atom is 0.492 e. The van der Waals surface area contributed by atoms with Crippen LogP contribution in [0.25, 0.3) is 0 Å². The van der Waals surface area contributed by atoms with Gasteiger partial charge in [0.05, 0.1) is 11.1 Å². The minimum absolute atomic E-state index is 0. The molecule has 1 rings (SSSR count). The van der Waals surface area contributed by atoms with Crippen LogP contribution in [-0.4, -0.2) is 23.8 Å². The van der Waals surface area contributed by atoms with Crippen LogP contribution < -0.4 is 10.2 Å². The topological polar surface area (TPSA) is 49.7 Å². The molecule has 0 atom stereocenters. The lowest BCUT2D eigenvalue weighted by Gasteiger charge is -2.12. The fraction of sp³-hybridized carbons (Fsp3) is 0.333. The first-order chi connectivity index (χ1) is 7.06. The van der Waals surface area contributed by atoms with Gasteiger partial charge in [-0.25, -0.2) is 4.39 Å². The first-order valence-corrected chi connectivity index (χ1v) is 5.33. The molecule has 1 aromatic carbocycles. The van der Waals surface area contributed by atoms with Crippen LogP contribution in [0.15, 0.2) is 16.6 Å². The Morgan fingerprint density at radius 1 is 1.53 bits per heavy atom. The lowest BCUT2D eigenvalue weighted by atomic mass is 9.79. The van der Waals surface area contributed by atoms with Crippen molar-refractivity contribution in [3.63, 3.8) is 0 Å². The van der Waals surface area contributed by atoms with Crippen molar-refractivity contribution in [2.24, 2.45) is 0 Å². The first kappa shape index (κ1) is 12.5. The lowest BCUT2D eigenvalue weighted by molar-refractivity contribution is 0.315. The summed E-state index contributed by atoms with van der Waals surface area (Å²) < 4.78 is 18.7. The van der Waals surface area contributed by atoms with Gasteiger partial charge in [0.25, 0.3) is 0 Å². The fourth-order valence-corrected chi connectivity index (χ4v) is 1.69. The van der Waals surface area contributed by atoms with Gasteiger partial charge in [-0.3, -0.25) is 0 Å². The molecule has 2 N–H and O–H groups in total. The molecule has 0 radical (unpaired) electrons. The minimum Gasteiger partial charge on any atom is -0.493 e. The summed E-state index contributed by atoms with van der Waals surface area (Å²) in [6.07, 6.45) is 0.783. The highest BCUT2D eigenvalue weighted by Gasteiger charge is 2.20. The summed E-state index contributed by atoms with van der Waals surface area (Å²) in [7, 11) is -1.75. The Morgan fingerprint density at radius 2 is 2.20 bits per heavy atom. The van der Waals surface area contributed by atoms with Crippen molar-refractivity contribution < 1.29 is 22.0 Å². The molecule has 0 aliphatic rings. The summed E-state index contributed by atoms with van der Waals surface area (Å²) >= 11 is 3.11. The average molecular weight is 281 g/mol. The molecule has 3 nitrogen and oxygen atoms in total. The van der Waals surface area contributed by atoms with Gasteiger partial charge in [-0.1, -0.05) is 6.92 Å². The van der Waals surface area contributed by atoms with Gasteiger partial charge in [-0.15, -0.1) is 0 Å². The zero-order valence-corrected chi connectivity index (χ0v) is 9.79. The quantitative estimate of drug-likeness (QED) is 0.823. The molecule has 0 bridgehead atoms. The first-order valence-electron chi connectivity index (χ1n) is 4.54. The smallest absolute Gasteiger partial charge is 0.492 e. The van der Waals surface area contributed by atoms with Crippen LogP contribution in [0.2, 0.25) is 0 Å². The van der Waals surface area contributed by atoms with Crippen LogP contribution in [0, 0.1) is 5.82 Å². The third-order valence-corrected chi connectivity index (χ3v) is 2.35. The predicted octanol–water partition coefficient (Wildman–Crippen LogP) is 1.55. The van der Waals surface area contributed by atoms with Crippen molar-refractivity contribution in [1.29, 1.82) is 0 Å². The van der Waals surface area contributed by atoms with Gasteiger partial charge in [0.1, 0.15) is 11.6 Å². The molecule has 0 aliphatic heterocycles. The normalized spacial score (nSPS) is 10.2. The molecule has 6 heteroatoms. The number of halogens is 2. The van der Waals surface area contributed by atoms with Gasteiger partial charge in [0.2, 0.25) is 0 Å². The van der Waals surface area contributed by atoms with Crippen LogP contribution in [0.5, 0.6) is 5.75 Å². The van der Waals surface area contributed by atoms with Gasteiger partial charge in [-0.2, -0.15) is 0 Å². The second-order valence-corrected chi connectivity index (χ2v) is 3.88. The summed E-state index contributed by atoms with van der Waals surface area (Å²) in [5.74, 6) is -0.276. The molecule has 0 amide bonds. The van der Waals surface area contributed by atoms with Crippen LogP contribution in [0.3, 0.4) is 0 Å². The average Bonchev–Trinajstić information content (AvgIpc) is 2.15. The molecule has 0 saturated carbocycles. The highest BCUT2D eigenvalue weighted by atomic mass is 79.9. The maximum absolute atomic E-state index is 13.0. The minimum atomic E-state index is -1.75. The van der Waals surface area contributed by atoms with Crippen molar-refractivity contribution in [2.45, 2.75) is 13.3 Å². The predicted molar refractivity (Wildman–Crippen MR) is 63.9 cm³/mol. The molecule has 0 saturated heterocycles. The van der Waals surface area contributed by atoms with Crippen LogP contribution in [0.1, 0.15) is 16.2 Å². The van der Waals surface area contributed by atoms with E-state index in [9.17, 15) is 4.39 Å². The Kier molecular flexibility index (Phi) is 4.57. The molecular weight excluding hydrogens is 266 g/mol. The Morgan fingerprint density at radius 3 is 2.73 bits per heavy atom. The largest absolute Gasteiger partial charge is 0.493 e. The molecule has 1 aromatic rings. The second-order valence-electron chi connectivity index (χ2n) is 3.03. The zero-order chi connectivity index (χ0) is 11.4. The van der Waals surface area contributed by atoms with Crippen LogP contribution >= 0.6 is 15.9 Å². The summed E-state index contributed by atoms with van der Waals surface area (Å²) in [6.45, 7) is 2.36. The monoisotopic (exact) mass is 280 g/mol. The molecule has 0 heterocycles. The van der Waals surface area contributed by atoms with Gasteiger partial charge in [-0.05, 0) is 34.5 Å². The van der Waals surface area contributed by atoms with E-state index in [0.717, 1.165) is 12.5 Å². The zero-order valence-electron chi connectivity index (χ0n) is 8.20. The lowest BCUT2D eigenvalue weighted by Crippen LogP contribution is -2.32. The summed E-state index contributed by atoms with van der Waals surface area (Å²) in [5, 5.41) is 18.1. The van der Waals surface area contributed by atoms with Crippen molar-refractivity contribution >= 4 is 28.5 Å². The Labute approximate surface area is 99.1 Å². The number of hydrogen-bond donors (Lipinski definition) is 2. The molecule has 0 unspecified atom stereocenters. The van der Waals surface area contributed by atoms with Gasteiger partial charge < -0.3 is 14.8 Å². The number of benzene rings is 1. The Bertz CT molecular complexity index is 355. The maximum atomic E-state index is 13.0. The van der Waals surface area contributed by atoms with Gasteiger partial charge >= 0.3 is 7.12 Å². The molecule has 0 fully saturated rings. The van der Waals surface area contributed by atoms with Crippen molar-refractivity contribution in [3.05, 3.63) is 22.4 Å². The van der Waals surface area contributed by atoms with Crippen LogP contribution in [0.4, 0.5) is 4.39 Å². The van der Waals surface area contributed by atoms with E-state index in [1.165, 1.54) is 6.07 Å². The molecule has 15 heavy (non-hydrogen) atoms. The van der Waals surface area contributed by atoms with Gasteiger partial charge in [0, 0.05) is 8.32 Å². The number of ether oxygens (including phenoxy) is 1. The fourth-order valence-electron chi connectivity index (χ4n) is 1.13. The molecule has 86 valence electrons. The number of rotatable bonds is 4. The van der Waals surface area contributed by atoms with Crippen molar-refractivity contribution in [1.82, 2.24) is 0 Å². The standard InChI is InChI=1S/C9H11BBrFO3.2H2/c1-2-3-15-9-7(10(13)14)4-6(12)5-8(9)11;;/h4-5,13-14H,2-3H2,1H3;2*1H. The SMILES string of the molecule is CCCOc1c(Br)cc(F)cc1B(O)O.[HH].[HH]. The van der Waals surface area contributed by atoms with E-state index in [4.69, 9.17) is 14.8 Å². The van der Waals surface area contributed by atoms with Crippen molar-refractivity contribution in [2.75, 3.05) is 6.61 Å². The summed E-state index contributed by atoms with van der Waals surface area (Å²) in [6, 6.07) is 2.26. The van der Waals surface area contributed by atoms with E-state index in [-0.39, 0.29) is 14.1 Å². The Hall–Kier alpha value is -0.585. The third-order valence-electron chi connectivity index (χ3n) is 1.77. The second kappa shape index (κ2) is 5.49. The number of hydrogen-bond acceptors (Lipinski definition) is 3. The third kappa shape index (κ3) is 3.19. The molecule has 0 spiro atoms. The molecule has 0 aromatic heterocycles. The molecule has 0 aliphatic carbocycles. The van der Waals surface area contributed by atoms with E-state index in [2.05, 4.69) is 15.9 Å². The summed E-state index contributed by atoms with van der Waals surface area (Å²) in [5.41, 5.74) is 0.0234. The van der Waals surface area contributed by atoms with E-state index < -0.39 is 12.9 Å². The highest BCUT2D eigenvalue weighted by Crippen LogP contribution is 2.24. The highest BCUT2D eigenvalue weighted by molar-refractivity contribution is 9.10. The van der Waals surface area contributed by atoms with E-state index >= 15 is 0 Å². The van der Waals surface area contributed by atoms with Crippen LogP contribution in [-0.2, 0) is 0 Å². The van der Waals surface area contributed by atoms with Gasteiger partial charge in [0.15, 0.2) is 0 Å². The molecular formula is C9H15BBrFO3. The van der Waals surface area contributed by atoms with Crippen molar-refractivity contribution in [3.8, 4) is 5.75 Å². The van der Waals surface area contributed by atoms with E-state index in [1.54, 1.807) is 0 Å². The Balaban J connectivity index is 0. The van der Waals surface area contributed by atoms with E-state index in [0.29, 0.717) is 11.1 Å².